The first kappa shape index (κ1) is 28.1. The zero-order chi connectivity index (χ0) is 22.4. The molecule has 31 heavy (non-hydrogen) atoms. The molecule has 0 saturated heterocycles. The Morgan fingerprint density at radius 2 is 0.839 bits per heavy atom. The molecule has 0 aromatic heterocycles. The van der Waals surface area contributed by atoms with Gasteiger partial charge in [0, 0.05) is 13.2 Å². The molecule has 0 atom stereocenters. The van der Waals surface area contributed by atoms with Crippen molar-refractivity contribution in [1.29, 1.82) is 0 Å². The smallest absolute Gasteiger partial charge is 0.137 e. The highest BCUT2D eigenvalue weighted by Crippen LogP contribution is 2.34. The SMILES string of the molecule is CCOCCOCCOCCOc1cccc(OCCOCCOCCOCC)c1Br. The summed E-state index contributed by atoms with van der Waals surface area (Å²) in [7, 11) is 0. The van der Waals surface area contributed by atoms with Crippen LogP contribution in [0.5, 0.6) is 11.5 Å². The van der Waals surface area contributed by atoms with Gasteiger partial charge in [-0.05, 0) is 41.9 Å². The van der Waals surface area contributed by atoms with Gasteiger partial charge in [0.05, 0.1) is 66.1 Å². The largest absolute Gasteiger partial charge is 0.490 e. The Morgan fingerprint density at radius 1 is 0.516 bits per heavy atom. The normalized spacial score (nSPS) is 11.1. The Morgan fingerprint density at radius 3 is 1.19 bits per heavy atom. The molecule has 0 aliphatic heterocycles. The van der Waals surface area contributed by atoms with E-state index in [2.05, 4.69) is 15.9 Å². The molecule has 0 bridgehead atoms. The molecule has 0 saturated carbocycles. The highest BCUT2D eigenvalue weighted by Gasteiger charge is 2.08. The van der Waals surface area contributed by atoms with Crippen LogP contribution in [0.1, 0.15) is 13.8 Å². The number of rotatable bonds is 22. The Kier molecular flexibility index (Phi) is 19.0. The average Bonchev–Trinajstić information content (AvgIpc) is 2.78. The minimum atomic E-state index is 0.438. The van der Waals surface area contributed by atoms with Crippen LogP contribution in [0.3, 0.4) is 0 Å². The van der Waals surface area contributed by atoms with Gasteiger partial charge >= 0.3 is 0 Å². The van der Waals surface area contributed by atoms with Crippen LogP contribution in [0.2, 0.25) is 0 Å². The van der Waals surface area contributed by atoms with Gasteiger partial charge in [0.25, 0.3) is 0 Å². The summed E-state index contributed by atoms with van der Waals surface area (Å²) >= 11 is 3.53. The third kappa shape index (κ3) is 15.5. The molecular weight excluding hydrogens is 472 g/mol. The third-order valence-corrected chi connectivity index (χ3v) is 4.58. The predicted molar refractivity (Wildman–Crippen MR) is 121 cm³/mol. The van der Waals surface area contributed by atoms with E-state index in [0.717, 1.165) is 4.47 Å². The standard InChI is InChI=1S/C22H37BrO8/c1-3-24-8-10-26-12-14-28-16-18-30-20-6-5-7-21(22(20)23)31-19-17-29-15-13-27-11-9-25-4-2/h5-7H,3-4,8-19H2,1-2H3. The number of halogens is 1. The Bertz CT molecular complexity index is 490. The minimum absolute atomic E-state index is 0.438. The van der Waals surface area contributed by atoms with Crippen LogP contribution in [-0.4, -0.2) is 92.5 Å². The van der Waals surface area contributed by atoms with Crippen LogP contribution in [0, 0.1) is 0 Å². The molecular formula is C22H37BrO8. The van der Waals surface area contributed by atoms with Crippen LogP contribution < -0.4 is 9.47 Å². The van der Waals surface area contributed by atoms with Crippen molar-refractivity contribution in [2.24, 2.45) is 0 Å². The summed E-state index contributed by atoms with van der Waals surface area (Å²) in [6, 6.07) is 5.64. The summed E-state index contributed by atoms with van der Waals surface area (Å²) < 4.78 is 44.5. The van der Waals surface area contributed by atoms with E-state index in [-0.39, 0.29) is 0 Å². The van der Waals surface area contributed by atoms with Crippen molar-refractivity contribution in [3.05, 3.63) is 22.7 Å². The van der Waals surface area contributed by atoms with Gasteiger partial charge in [-0.2, -0.15) is 0 Å². The second-order valence-electron chi connectivity index (χ2n) is 6.11. The molecule has 1 aromatic rings. The maximum Gasteiger partial charge on any atom is 0.137 e. The summed E-state index contributed by atoms with van der Waals surface area (Å²) in [5.41, 5.74) is 0. The fourth-order valence-electron chi connectivity index (χ4n) is 2.30. The van der Waals surface area contributed by atoms with Crippen molar-refractivity contribution < 1.29 is 37.9 Å². The van der Waals surface area contributed by atoms with Crippen molar-refractivity contribution in [3.63, 3.8) is 0 Å². The summed E-state index contributed by atoms with van der Waals surface area (Å²) in [5, 5.41) is 0. The van der Waals surface area contributed by atoms with E-state index in [1.807, 2.05) is 32.0 Å². The predicted octanol–water partition coefficient (Wildman–Crippen LogP) is 3.35. The van der Waals surface area contributed by atoms with Crippen LogP contribution in [0.15, 0.2) is 22.7 Å². The lowest BCUT2D eigenvalue weighted by Gasteiger charge is -2.13. The van der Waals surface area contributed by atoms with Gasteiger partial charge in [0.2, 0.25) is 0 Å². The first-order valence-corrected chi connectivity index (χ1v) is 11.6. The molecule has 0 amide bonds. The van der Waals surface area contributed by atoms with E-state index in [0.29, 0.717) is 104 Å². The summed E-state index contributed by atoms with van der Waals surface area (Å²) in [6.45, 7) is 11.7. The highest BCUT2D eigenvalue weighted by atomic mass is 79.9. The van der Waals surface area contributed by atoms with Crippen molar-refractivity contribution in [1.82, 2.24) is 0 Å². The zero-order valence-corrected chi connectivity index (χ0v) is 20.4. The molecule has 0 fully saturated rings. The Hall–Kier alpha value is -0.940. The molecule has 0 aliphatic rings. The highest BCUT2D eigenvalue weighted by molar-refractivity contribution is 9.10. The number of benzene rings is 1. The van der Waals surface area contributed by atoms with Gasteiger partial charge in [0.1, 0.15) is 29.2 Å². The number of hydrogen-bond donors (Lipinski definition) is 0. The molecule has 0 radical (unpaired) electrons. The van der Waals surface area contributed by atoms with E-state index in [9.17, 15) is 0 Å². The summed E-state index contributed by atoms with van der Waals surface area (Å²) in [5.74, 6) is 1.41. The molecule has 0 aliphatic carbocycles. The summed E-state index contributed by atoms with van der Waals surface area (Å²) in [4.78, 5) is 0. The first-order chi connectivity index (χ1) is 15.3. The molecule has 9 heteroatoms. The maximum atomic E-state index is 5.77. The van der Waals surface area contributed by atoms with E-state index in [4.69, 9.17) is 37.9 Å². The number of hydrogen-bond acceptors (Lipinski definition) is 8. The quantitative estimate of drug-likeness (QED) is 0.221. The van der Waals surface area contributed by atoms with E-state index >= 15 is 0 Å². The van der Waals surface area contributed by atoms with Gasteiger partial charge < -0.3 is 37.9 Å². The number of ether oxygens (including phenoxy) is 8. The van der Waals surface area contributed by atoms with E-state index < -0.39 is 0 Å². The van der Waals surface area contributed by atoms with Gasteiger partial charge in [0.15, 0.2) is 0 Å². The van der Waals surface area contributed by atoms with Gasteiger partial charge in [-0.25, -0.2) is 0 Å². The average molecular weight is 509 g/mol. The van der Waals surface area contributed by atoms with Crippen molar-refractivity contribution >= 4 is 15.9 Å². The van der Waals surface area contributed by atoms with Gasteiger partial charge in [-0.15, -0.1) is 0 Å². The lowest BCUT2D eigenvalue weighted by atomic mass is 10.3. The molecule has 1 rings (SSSR count). The van der Waals surface area contributed by atoms with Crippen LogP contribution in [-0.2, 0) is 28.4 Å². The second kappa shape index (κ2) is 20.9. The fourth-order valence-corrected chi connectivity index (χ4v) is 2.80. The van der Waals surface area contributed by atoms with Crippen LogP contribution in [0.25, 0.3) is 0 Å². The lowest BCUT2D eigenvalue weighted by Crippen LogP contribution is -2.13. The summed E-state index contributed by atoms with van der Waals surface area (Å²) in [6.07, 6.45) is 0. The Balaban J connectivity index is 2.07. The second-order valence-corrected chi connectivity index (χ2v) is 6.90. The van der Waals surface area contributed by atoms with E-state index in [1.165, 1.54) is 0 Å². The lowest BCUT2D eigenvalue weighted by molar-refractivity contribution is 0.0109. The zero-order valence-electron chi connectivity index (χ0n) is 18.8. The molecule has 1 aromatic carbocycles. The topological polar surface area (TPSA) is 73.8 Å². The minimum Gasteiger partial charge on any atom is -0.490 e. The molecule has 0 unspecified atom stereocenters. The van der Waals surface area contributed by atoms with Crippen molar-refractivity contribution in [2.75, 3.05) is 92.5 Å². The maximum absolute atomic E-state index is 5.77. The molecule has 0 heterocycles. The molecule has 0 spiro atoms. The third-order valence-electron chi connectivity index (χ3n) is 3.79. The monoisotopic (exact) mass is 508 g/mol. The first-order valence-electron chi connectivity index (χ1n) is 10.8. The van der Waals surface area contributed by atoms with Crippen molar-refractivity contribution in [2.45, 2.75) is 13.8 Å². The molecule has 0 N–H and O–H groups in total. The van der Waals surface area contributed by atoms with Crippen molar-refractivity contribution in [3.8, 4) is 11.5 Å². The fraction of sp³-hybridized carbons (Fsp3) is 0.727. The molecule has 180 valence electrons. The van der Waals surface area contributed by atoms with Gasteiger partial charge in [-0.1, -0.05) is 6.07 Å². The Labute approximate surface area is 194 Å². The van der Waals surface area contributed by atoms with E-state index in [1.54, 1.807) is 0 Å². The van der Waals surface area contributed by atoms with Crippen LogP contribution >= 0.6 is 15.9 Å². The molecule has 8 nitrogen and oxygen atoms in total. The van der Waals surface area contributed by atoms with Crippen LogP contribution in [0.4, 0.5) is 0 Å². The van der Waals surface area contributed by atoms with Gasteiger partial charge in [-0.3, -0.25) is 0 Å².